The molecule has 0 aromatic carbocycles. The average Bonchev–Trinajstić information content (AvgIpc) is 1.66. The average molecular weight is 1310 g/mol. The SMILES string of the molecule is CC(C)=CCC[C@](C)(O[C@@H]1O[C@H](CO[C@@H]2O[C@H](CO[C@@H]3OC[C@@H](O)[C@H](O)[C@H]3O)[C@@H](O)[C@H](O)[C@H]2O)[C@@H](O)[C@H](O)[C@H]1O)[C@H]1CC[C@]2(C)[C@@H]1[C@H](O)C[C@@H]1[C@@]3(C)CC[C@H](O)C(C)(C)[C@@H]3[C@@H](O[C@@H]3O[C@H](COC(=O)CC(=O)O)[C@@H](O)[C@H](O)[C@H]3O[C@@H]3OC[C@@H](O)[C@H](O)[C@H]3O)C[C@]12C. The van der Waals surface area contributed by atoms with Crippen molar-refractivity contribution in [2.45, 2.75) is 278 Å². The molecule has 4 aliphatic carbocycles. The molecule has 0 bridgehead atoms. The van der Waals surface area contributed by atoms with Gasteiger partial charge in [-0.25, -0.2) is 0 Å². The molecule has 524 valence electrons. The minimum Gasteiger partial charge on any atom is -0.481 e. The van der Waals surface area contributed by atoms with Crippen LogP contribution in [0, 0.1) is 45.3 Å². The zero-order valence-corrected chi connectivity index (χ0v) is 52.7. The highest BCUT2D eigenvalue weighted by Crippen LogP contribution is 2.76. The van der Waals surface area contributed by atoms with Gasteiger partial charge in [0.25, 0.3) is 0 Å². The minimum atomic E-state index is -1.94. The molecule has 9 aliphatic rings. The van der Waals surface area contributed by atoms with E-state index in [-0.39, 0.29) is 25.2 Å². The van der Waals surface area contributed by atoms with Crippen molar-refractivity contribution >= 4 is 11.9 Å². The monoisotopic (exact) mass is 1310 g/mol. The fourth-order valence-electron chi connectivity index (χ4n) is 17.5. The van der Waals surface area contributed by atoms with Gasteiger partial charge in [0.15, 0.2) is 31.5 Å². The molecule has 4 saturated carbocycles. The molecule has 0 aromatic heterocycles. The number of fused-ring (bicyclic) bond motifs is 5. The van der Waals surface area contributed by atoms with Crippen LogP contribution in [0.25, 0.3) is 0 Å². The zero-order valence-electron chi connectivity index (χ0n) is 52.7. The van der Waals surface area contributed by atoms with Crippen LogP contribution in [0.4, 0.5) is 0 Å². The molecule has 34 atom stereocenters. The number of hydrogen-bond donors (Lipinski definition) is 17. The number of allylic oxidation sites excluding steroid dienone is 2. The van der Waals surface area contributed by atoms with Crippen LogP contribution in [0.1, 0.15) is 113 Å². The molecule has 0 unspecified atom stereocenters. The van der Waals surface area contributed by atoms with Crippen molar-refractivity contribution in [3.8, 4) is 0 Å². The summed E-state index contributed by atoms with van der Waals surface area (Å²) < 4.78 is 66.3. The van der Waals surface area contributed by atoms with Gasteiger partial charge in [-0.05, 0) is 117 Å². The number of ether oxygens (including phenoxy) is 11. The Balaban J connectivity index is 0.993. The van der Waals surface area contributed by atoms with Crippen LogP contribution in [0.2, 0.25) is 0 Å². The van der Waals surface area contributed by atoms with Gasteiger partial charge < -0.3 is 139 Å². The predicted octanol–water partition coefficient (Wildman–Crippen LogP) is -4.10. The summed E-state index contributed by atoms with van der Waals surface area (Å²) in [6.45, 7) is 13.1. The van der Waals surface area contributed by atoms with Gasteiger partial charge in [0, 0.05) is 0 Å². The molecule has 0 amide bonds. The van der Waals surface area contributed by atoms with E-state index in [1.54, 1.807) is 0 Å². The van der Waals surface area contributed by atoms with Crippen LogP contribution in [0.15, 0.2) is 11.6 Å². The molecular weight excluding hydrogens is 1210 g/mol. The number of carbonyl (C=O) groups excluding carboxylic acids is 1. The van der Waals surface area contributed by atoms with Crippen LogP contribution < -0.4 is 0 Å². The topological polar surface area (TPSA) is 480 Å². The quantitative estimate of drug-likeness (QED) is 0.0238. The van der Waals surface area contributed by atoms with Crippen LogP contribution in [0.3, 0.4) is 0 Å². The second-order valence-corrected chi connectivity index (χ2v) is 28.9. The largest absolute Gasteiger partial charge is 0.481 e. The Kier molecular flexibility index (Phi) is 22.6. The van der Waals surface area contributed by atoms with Gasteiger partial charge in [-0.2, -0.15) is 0 Å². The molecule has 0 radical (unpaired) electrons. The van der Waals surface area contributed by atoms with Crippen LogP contribution in [0.5, 0.6) is 0 Å². The number of carbonyl (C=O) groups is 2. The van der Waals surface area contributed by atoms with E-state index in [1.165, 1.54) is 0 Å². The molecule has 17 N–H and O–H groups in total. The first-order valence-corrected chi connectivity index (χ1v) is 31.8. The Morgan fingerprint density at radius 3 is 1.70 bits per heavy atom. The van der Waals surface area contributed by atoms with Gasteiger partial charge in [0.05, 0.1) is 50.3 Å². The number of hydrogen-bond acceptors (Lipinski definition) is 29. The van der Waals surface area contributed by atoms with Gasteiger partial charge in [0.2, 0.25) is 0 Å². The molecule has 5 heterocycles. The molecule has 9 fully saturated rings. The Labute approximate surface area is 527 Å². The summed E-state index contributed by atoms with van der Waals surface area (Å²) in [5.41, 5.74) is -3.50. The highest BCUT2D eigenvalue weighted by atomic mass is 16.8. The second-order valence-electron chi connectivity index (χ2n) is 28.9. The number of carboxylic acids is 1. The van der Waals surface area contributed by atoms with Gasteiger partial charge in [-0.1, -0.05) is 46.3 Å². The maximum Gasteiger partial charge on any atom is 0.317 e. The Bertz CT molecular complexity index is 2490. The molecule has 5 saturated heterocycles. The van der Waals surface area contributed by atoms with E-state index in [4.69, 9.17) is 52.1 Å². The summed E-state index contributed by atoms with van der Waals surface area (Å²) in [6.07, 6.45) is -38.0. The number of aliphatic carboxylic acids is 1. The van der Waals surface area contributed by atoms with E-state index in [2.05, 4.69) is 20.8 Å². The lowest BCUT2D eigenvalue weighted by Crippen LogP contribution is -2.71. The van der Waals surface area contributed by atoms with Crippen LogP contribution in [-0.4, -0.2) is 297 Å². The van der Waals surface area contributed by atoms with Gasteiger partial charge >= 0.3 is 11.9 Å². The van der Waals surface area contributed by atoms with Crippen molar-refractivity contribution in [1.82, 2.24) is 0 Å². The molecule has 30 heteroatoms. The van der Waals surface area contributed by atoms with E-state index in [0.29, 0.717) is 32.1 Å². The fourth-order valence-corrected chi connectivity index (χ4v) is 17.5. The summed E-state index contributed by atoms with van der Waals surface area (Å²) in [7, 11) is 0. The third kappa shape index (κ3) is 14.0. The summed E-state index contributed by atoms with van der Waals surface area (Å²) in [4.78, 5) is 23.9. The number of aliphatic hydroxyl groups is 16. The Hall–Kier alpha value is -2.36. The molecule has 0 aromatic rings. The first-order valence-electron chi connectivity index (χ1n) is 31.8. The van der Waals surface area contributed by atoms with E-state index >= 15 is 0 Å². The maximum absolute atomic E-state index is 13.1. The van der Waals surface area contributed by atoms with Crippen molar-refractivity contribution in [3.63, 3.8) is 0 Å². The third-order valence-electron chi connectivity index (χ3n) is 22.6. The number of esters is 1. The lowest BCUT2D eigenvalue weighted by atomic mass is 9.34. The first-order chi connectivity index (χ1) is 42.5. The second kappa shape index (κ2) is 28.2. The summed E-state index contributed by atoms with van der Waals surface area (Å²) in [6, 6.07) is 0. The van der Waals surface area contributed by atoms with Gasteiger partial charge in [-0.3, -0.25) is 9.59 Å². The maximum atomic E-state index is 13.1. The van der Waals surface area contributed by atoms with E-state index in [0.717, 1.165) is 5.57 Å². The highest BCUT2D eigenvalue weighted by molar-refractivity contribution is 5.90. The molecule has 0 spiro atoms. The zero-order chi connectivity index (χ0) is 66.9. The minimum absolute atomic E-state index is 0.222. The number of rotatable bonds is 20. The molecular formula is C61H100O30. The number of aliphatic hydroxyl groups excluding tert-OH is 16. The van der Waals surface area contributed by atoms with Crippen molar-refractivity contribution in [1.29, 1.82) is 0 Å². The molecule has 91 heavy (non-hydrogen) atoms. The van der Waals surface area contributed by atoms with E-state index in [1.807, 2.05) is 40.7 Å². The summed E-state index contributed by atoms with van der Waals surface area (Å²) in [5, 5.41) is 187. The molecule has 5 aliphatic heterocycles. The normalized spacial score (nSPS) is 50.5. The smallest absolute Gasteiger partial charge is 0.317 e. The van der Waals surface area contributed by atoms with Gasteiger partial charge in [-0.15, -0.1) is 0 Å². The highest BCUT2D eigenvalue weighted by Gasteiger charge is 2.74. The van der Waals surface area contributed by atoms with Crippen LogP contribution in [-0.2, 0) is 61.7 Å². The van der Waals surface area contributed by atoms with Crippen molar-refractivity contribution in [2.75, 3.05) is 33.0 Å². The van der Waals surface area contributed by atoms with Crippen molar-refractivity contribution in [2.24, 2.45) is 45.3 Å². The van der Waals surface area contributed by atoms with Crippen molar-refractivity contribution in [3.05, 3.63) is 11.6 Å². The van der Waals surface area contributed by atoms with Gasteiger partial charge in [0.1, 0.15) is 123 Å². The first kappa shape index (κ1) is 72.9. The molecule has 9 rings (SSSR count). The van der Waals surface area contributed by atoms with Crippen LogP contribution >= 0.6 is 0 Å². The van der Waals surface area contributed by atoms with E-state index in [9.17, 15) is 96.4 Å². The standard InChI is InChI=1S/C61H100O30/c1-24(2)10-9-13-61(8,91-55-49(80)44(75)41(72)32(88-55)23-85-53-48(79)43(74)40(71)31(87-53)22-84-52-46(77)38(69)27(63)19-82-52)25-11-15-59(6)37(25)26(62)16-33-58(5)14-12-34(65)57(3,4)51(58)29(18-60(33,59)7)86-56-50(90-54-47(78)39(70)28(64)20-83-54)45(76)42(73)30(89-56)21-81-36(68)17-35(66)67/h10,25-34,37-56,62-65,69-80H,9,11-23H2,1-8H3,(H,66,67)/t25-,26+,27+,28+,29-,30+,31+,32+,33+,34-,37-,38-,39-,40+,41+,42+,43-,44-,45-,46+,47+,48+,49+,50+,51-,52-,53+,54-,55-,56+,58+,59+,60+,61-/m0/s1. The third-order valence-corrected chi connectivity index (χ3v) is 22.6. The van der Waals surface area contributed by atoms with E-state index < -0.39 is 256 Å². The lowest BCUT2D eigenvalue weighted by Gasteiger charge is -2.72. The Morgan fingerprint density at radius 2 is 1.10 bits per heavy atom. The molecule has 30 nitrogen and oxygen atoms in total. The Morgan fingerprint density at radius 1 is 0.571 bits per heavy atom. The van der Waals surface area contributed by atoms with Crippen molar-refractivity contribution < 1.29 is 149 Å². The fraction of sp³-hybridized carbons (Fsp3) is 0.934. The summed E-state index contributed by atoms with van der Waals surface area (Å²) in [5.74, 6) is -4.51. The summed E-state index contributed by atoms with van der Waals surface area (Å²) >= 11 is 0. The predicted molar refractivity (Wildman–Crippen MR) is 304 cm³/mol. The number of carboxylic acid groups (broad SMARTS) is 1. The lowest BCUT2D eigenvalue weighted by molar-refractivity contribution is -0.377.